The van der Waals surface area contributed by atoms with Crippen LogP contribution >= 0.6 is 46.4 Å². The second-order valence-corrected chi connectivity index (χ2v) is 15.1. The van der Waals surface area contributed by atoms with Gasteiger partial charge in [-0.05, 0) is 71.0 Å². The molecule has 0 saturated carbocycles. The van der Waals surface area contributed by atoms with E-state index in [1.807, 2.05) is 56.6 Å². The van der Waals surface area contributed by atoms with Gasteiger partial charge < -0.3 is 9.80 Å². The number of hydrogen-bond acceptors (Lipinski definition) is 8. The Bertz CT molecular complexity index is 1880. The average Bonchev–Trinajstić information content (AvgIpc) is 3.36. The Morgan fingerprint density at radius 1 is 0.702 bits per heavy atom. The number of amides is 2. The summed E-state index contributed by atoms with van der Waals surface area (Å²) in [6.07, 6.45) is 0. The predicted molar refractivity (Wildman–Crippen MR) is 184 cm³/mol. The Hall–Kier alpha value is -3.39. The second kappa shape index (κ2) is 12.6. The van der Waals surface area contributed by atoms with E-state index >= 15 is 0 Å². The molecule has 11 nitrogen and oxygen atoms in total. The van der Waals surface area contributed by atoms with Crippen LogP contribution in [0.3, 0.4) is 0 Å². The van der Waals surface area contributed by atoms with Crippen molar-refractivity contribution in [2.24, 2.45) is 9.98 Å². The van der Waals surface area contributed by atoms with Crippen LogP contribution in [0.4, 0.5) is 11.4 Å². The lowest BCUT2D eigenvalue weighted by molar-refractivity contribution is -0.125. The van der Waals surface area contributed by atoms with Gasteiger partial charge in [0.2, 0.25) is 11.9 Å². The molecule has 16 heteroatoms. The lowest BCUT2D eigenvalue weighted by atomic mass is 10.0. The van der Waals surface area contributed by atoms with Crippen LogP contribution in [0.1, 0.15) is 44.4 Å². The molecular formula is C31H30Cl4N6O5S. The quantitative estimate of drug-likeness (QED) is 0.237. The van der Waals surface area contributed by atoms with Gasteiger partial charge in [-0.25, -0.2) is 9.98 Å². The number of fused-ring (bicyclic) bond motifs is 4. The fourth-order valence-electron chi connectivity index (χ4n) is 5.07. The summed E-state index contributed by atoms with van der Waals surface area (Å²) in [5.74, 6) is 1.04. The van der Waals surface area contributed by atoms with Crippen molar-refractivity contribution in [3.05, 3.63) is 85.3 Å². The van der Waals surface area contributed by atoms with Crippen LogP contribution in [0.2, 0.25) is 20.1 Å². The Labute approximate surface area is 292 Å². The van der Waals surface area contributed by atoms with Crippen LogP contribution in [0.5, 0.6) is 0 Å². The molecule has 0 aliphatic carbocycles. The van der Waals surface area contributed by atoms with Crippen LogP contribution in [-0.4, -0.2) is 57.6 Å². The number of nitrogens with zero attached hydrogens (tertiary/aromatic N) is 4. The van der Waals surface area contributed by atoms with E-state index in [2.05, 4.69) is 20.6 Å². The van der Waals surface area contributed by atoms with Gasteiger partial charge in [0.25, 0.3) is 21.9 Å². The van der Waals surface area contributed by atoms with Crippen molar-refractivity contribution in [3.63, 3.8) is 0 Å². The highest BCUT2D eigenvalue weighted by Gasteiger charge is 2.47. The van der Waals surface area contributed by atoms with Crippen molar-refractivity contribution in [3.8, 4) is 0 Å². The summed E-state index contributed by atoms with van der Waals surface area (Å²) < 4.78 is 29.6. The minimum absolute atomic E-state index is 0.0590. The summed E-state index contributed by atoms with van der Waals surface area (Å²) in [7, 11) is -4.02. The van der Waals surface area contributed by atoms with Crippen LogP contribution < -0.4 is 10.6 Å². The summed E-state index contributed by atoms with van der Waals surface area (Å²) in [6, 6.07) is 13.0. The molecule has 0 aromatic heterocycles. The average molecular weight is 740 g/mol. The van der Waals surface area contributed by atoms with Gasteiger partial charge >= 0.3 is 0 Å². The van der Waals surface area contributed by atoms with Gasteiger partial charge in [0.05, 0.1) is 49.5 Å². The molecule has 0 bridgehead atoms. The van der Waals surface area contributed by atoms with Crippen molar-refractivity contribution in [1.82, 2.24) is 20.4 Å². The van der Waals surface area contributed by atoms with Gasteiger partial charge in [0.1, 0.15) is 11.1 Å². The standard InChI is InChI=1S/2C12H11Cl2N3O.C7H8O3S/c2*1-12(2)10(18)16-11-15-8-4-3-7(13)9(14)6(8)5-17(11)12;1-6-2-4-7(5-3-6)11(8,9)10/h2*3-4H,5H2,1-2H3,(H,15,16,18);2-5H,1H3,(H,8,9,10). The fourth-order valence-corrected chi connectivity index (χ4v) is 6.34. The van der Waals surface area contributed by atoms with E-state index in [-0.39, 0.29) is 16.7 Å². The molecule has 248 valence electrons. The number of aryl methyl sites for hydroxylation is 1. The Balaban J connectivity index is 0.000000143. The highest BCUT2D eigenvalue weighted by atomic mass is 35.5. The number of halogens is 4. The molecule has 7 rings (SSSR count). The molecule has 2 amide bonds. The first-order valence-electron chi connectivity index (χ1n) is 14.2. The number of nitrogens with one attached hydrogen (secondary N) is 2. The number of rotatable bonds is 1. The smallest absolute Gasteiger partial charge is 0.294 e. The summed E-state index contributed by atoms with van der Waals surface area (Å²) in [5, 5.41) is 7.59. The van der Waals surface area contributed by atoms with Crippen molar-refractivity contribution in [2.45, 2.75) is 63.7 Å². The molecule has 0 radical (unpaired) electrons. The highest BCUT2D eigenvalue weighted by molar-refractivity contribution is 7.85. The van der Waals surface area contributed by atoms with Crippen molar-refractivity contribution in [2.75, 3.05) is 0 Å². The molecule has 47 heavy (non-hydrogen) atoms. The summed E-state index contributed by atoms with van der Waals surface area (Å²) in [4.78, 5) is 36.3. The first-order valence-corrected chi connectivity index (χ1v) is 17.1. The maximum absolute atomic E-state index is 11.9. The van der Waals surface area contributed by atoms with Crippen molar-refractivity contribution < 1.29 is 22.6 Å². The van der Waals surface area contributed by atoms with Gasteiger partial charge in [0.15, 0.2) is 0 Å². The minimum Gasteiger partial charge on any atom is -0.324 e. The van der Waals surface area contributed by atoms with E-state index in [4.69, 9.17) is 51.0 Å². The largest absolute Gasteiger partial charge is 0.324 e. The third-order valence-electron chi connectivity index (χ3n) is 8.17. The maximum Gasteiger partial charge on any atom is 0.294 e. The van der Waals surface area contributed by atoms with E-state index < -0.39 is 21.2 Å². The summed E-state index contributed by atoms with van der Waals surface area (Å²) in [6.45, 7) is 10.3. The first kappa shape index (κ1) is 34.9. The molecular weight excluding hydrogens is 710 g/mol. The van der Waals surface area contributed by atoms with Crippen molar-refractivity contribution >= 4 is 91.6 Å². The molecule has 4 aliphatic heterocycles. The summed E-state index contributed by atoms with van der Waals surface area (Å²) >= 11 is 24.4. The number of guanidine groups is 2. The van der Waals surface area contributed by atoms with Crippen LogP contribution in [0.25, 0.3) is 0 Å². The molecule has 3 N–H and O–H groups in total. The number of carbonyl (C=O) groups excluding carboxylic acids is 2. The highest BCUT2D eigenvalue weighted by Crippen LogP contribution is 2.41. The zero-order valence-corrected chi connectivity index (χ0v) is 29.7. The molecule has 2 saturated heterocycles. The normalized spacial score (nSPS) is 18.1. The van der Waals surface area contributed by atoms with Crippen molar-refractivity contribution in [1.29, 1.82) is 0 Å². The Morgan fingerprint density at radius 3 is 1.45 bits per heavy atom. The Kier molecular flexibility index (Phi) is 9.34. The molecule has 0 spiro atoms. The van der Waals surface area contributed by atoms with Gasteiger partial charge in [-0.1, -0.05) is 64.1 Å². The molecule has 3 aromatic carbocycles. The summed E-state index contributed by atoms with van der Waals surface area (Å²) in [5.41, 5.74) is 2.94. The third kappa shape index (κ3) is 6.67. The van der Waals surface area contributed by atoms with E-state index in [9.17, 15) is 18.0 Å². The lowest BCUT2D eigenvalue weighted by Crippen LogP contribution is -2.44. The van der Waals surface area contributed by atoms with Gasteiger partial charge in [-0.2, -0.15) is 8.42 Å². The second-order valence-electron chi connectivity index (χ2n) is 12.1. The first-order chi connectivity index (χ1) is 21.8. The van der Waals surface area contributed by atoms with Crippen LogP contribution in [0, 0.1) is 6.92 Å². The van der Waals surface area contributed by atoms with Crippen LogP contribution in [0.15, 0.2) is 63.4 Å². The van der Waals surface area contributed by atoms with Gasteiger partial charge in [0, 0.05) is 11.1 Å². The number of carbonyl (C=O) groups is 2. The van der Waals surface area contributed by atoms with E-state index in [1.165, 1.54) is 12.1 Å². The fraction of sp³-hybridized carbons (Fsp3) is 0.290. The number of aliphatic imine (C=N–C) groups is 2. The third-order valence-corrected chi connectivity index (χ3v) is 10.7. The zero-order chi connectivity index (χ0) is 34.6. The predicted octanol–water partition coefficient (Wildman–Crippen LogP) is 6.65. The monoisotopic (exact) mass is 738 g/mol. The molecule has 0 atom stereocenters. The topological polar surface area (TPSA) is 144 Å². The molecule has 0 unspecified atom stereocenters. The molecule has 4 heterocycles. The molecule has 3 aromatic rings. The molecule has 2 fully saturated rings. The minimum atomic E-state index is -4.02. The number of benzene rings is 3. The van der Waals surface area contributed by atoms with Gasteiger partial charge in [-0.15, -0.1) is 0 Å². The van der Waals surface area contributed by atoms with Crippen LogP contribution in [-0.2, 0) is 32.8 Å². The van der Waals surface area contributed by atoms with Gasteiger partial charge in [-0.3, -0.25) is 24.8 Å². The Morgan fingerprint density at radius 2 is 1.09 bits per heavy atom. The molecule has 4 aliphatic rings. The van der Waals surface area contributed by atoms with E-state index in [0.717, 1.165) is 28.1 Å². The maximum atomic E-state index is 11.9. The SMILES string of the molecule is CC1(C)C(=O)NC2=Nc3ccc(Cl)c(Cl)c3CN21.CC1(C)C(=O)NC2=Nc3ccc(Cl)c(Cl)c3CN21.Cc1ccc(S(=O)(=O)O)cc1. The zero-order valence-electron chi connectivity index (χ0n) is 25.8. The number of hydrogen-bond donors (Lipinski definition) is 3. The van der Waals surface area contributed by atoms with E-state index in [1.54, 1.807) is 24.3 Å². The van der Waals surface area contributed by atoms with E-state index in [0.29, 0.717) is 45.1 Å². The lowest BCUT2D eigenvalue weighted by Gasteiger charge is -2.33.